The summed E-state index contributed by atoms with van der Waals surface area (Å²) in [5.74, 6) is 0.874. The second kappa shape index (κ2) is 4.29. The van der Waals surface area contributed by atoms with Crippen molar-refractivity contribution in [2.24, 2.45) is 11.3 Å². The number of nitrogens with one attached hydrogen (secondary N) is 1. The van der Waals surface area contributed by atoms with Crippen LogP contribution >= 0.6 is 11.6 Å². The molecular formula is C15H20ClN. The lowest BCUT2D eigenvalue weighted by Crippen LogP contribution is -2.21. The first-order valence-electron chi connectivity index (χ1n) is 6.63. The third-order valence-electron chi connectivity index (χ3n) is 4.29. The van der Waals surface area contributed by atoms with Crippen molar-refractivity contribution in [3.05, 3.63) is 34.9 Å². The number of hydrogen-bond acceptors (Lipinski definition) is 1. The largest absolute Gasteiger partial charge is 0.314 e. The van der Waals surface area contributed by atoms with Crippen molar-refractivity contribution in [3.8, 4) is 0 Å². The van der Waals surface area contributed by atoms with Crippen LogP contribution in [0.4, 0.5) is 0 Å². The van der Waals surface area contributed by atoms with Crippen LogP contribution in [0.25, 0.3) is 0 Å². The lowest BCUT2D eigenvalue weighted by Gasteiger charge is -2.12. The van der Waals surface area contributed by atoms with Crippen LogP contribution in [-0.4, -0.2) is 12.6 Å². The van der Waals surface area contributed by atoms with E-state index in [1.807, 2.05) is 12.1 Å². The fraction of sp³-hybridized carbons (Fsp3) is 0.600. The van der Waals surface area contributed by atoms with E-state index < -0.39 is 0 Å². The minimum atomic E-state index is 0.524. The fourth-order valence-corrected chi connectivity index (χ4v) is 2.83. The Kier molecular flexibility index (Phi) is 2.92. The molecule has 0 spiro atoms. The maximum absolute atomic E-state index is 5.91. The summed E-state index contributed by atoms with van der Waals surface area (Å²) in [4.78, 5) is 0. The van der Waals surface area contributed by atoms with Crippen LogP contribution in [0.15, 0.2) is 24.3 Å². The van der Waals surface area contributed by atoms with Crippen molar-refractivity contribution < 1.29 is 0 Å². The summed E-state index contributed by atoms with van der Waals surface area (Å²) in [6, 6.07) is 9.17. The Morgan fingerprint density at radius 3 is 2.65 bits per heavy atom. The number of rotatable bonds is 5. The molecule has 1 aromatic carbocycles. The summed E-state index contributed by atoms with van der Waals surface area (Å²) >= 11 is 5.91. The third kappa shape index (κ3) is 2.83. The van der Waals surface area contributed by atoms with Crippen molar-refractivity contribution in [1.82, 2.24) is 5.32 Å². The van der Waals surface area contributed by atoms with Gasteiger partial charge < -0.3 is 5.32 Å². The molecule has 2 saturated carbocycles. The molecule has 2 aliphatic rings. The van der Waals surface area contributed by atoms with E-state index in [1.54, 1.807) is 0 Å². The smallest absolute Gasteiger partial charge is 0.0406 e. The monoisotopic (exact) mass is 249 g/mol. The van der Waals surface area contributed by atoms with Crippen molar-refractivity contribution in [2.45, 2.75) is 38.6 Å². The molecule has 0 saturated heterocycles. The van der Waals surface area contributed by atoms with Crippen LogP contribution in [0.1, 0.15) is 31.7 Å². The van der Waals surface area contributed by atoms with Gasteiger partial charge in [0.15, 0.2) is 0 Å². The van der Waals surface area contributed by atoms with Gasteiger partial charge in [-0.3, -0.25) is 0 Å². The molecule has 0 aliphatic heterocycles. The molecule has 0 aromatic heterocycles. The van der Waals surface area contributed by atoms with Crippen molar-refractivity contribution >= 4 is 11.6 Å². The molecule has 0 heterocycles. The molecule has 3 rings (SSSR count). The first kappa shape index (κ1) is 11.6. The minimum absolute atomic E-state index is 0.524. The molecule has 1 aromatic rings. The van der Waals surface area contributed by atoms with Gasteiger partial charge in [-0.2, -0.15) is 0 Å². The van der Waals surface area contributed by atoms with Gasteiger partial charge in [0.2, 0.25) is 0 Å². The predicted octanol–water partition coefficient (Wildman–Crippen LogP) is 3.66. The van der Waals surface area contributed by atoms with Gasteiger partial charge >= 0.3 is 0 Å². The quantitative estimate of drug-likeness (QED) is 0.840. The Morgan fingerprint density at radius 2 is 2.00 bits per heavy atom. The van der Waals surface area contributed by atoms with Gasteiger partial charge in [0, 0.05) is 11.1 Å². The van der Waals surface area contributed by atoms with Crippen LogP contribution in [0.5, 0.6) is 0 Å². The number of hydrogen-bond donors (Lipinski definition) is 1. The highest BCUT2D eigenvalue weighted by molar-refractivity contribution is 6.30. The Balaban J connectivity index is 1.52. The van der Waals surface area contributed by atoms with Crippen LogP contribution in [0, 0.1) is 11.3 Å². The number of benzene rings is 1. The highest BCUT2D eigenvalue weighted by Gasteiger charge is 2.49. The predicted molar refractivity (Wildman–Crippen MR) is 72.4 cm³/mol. The van der Waals surface area contributed by atoms with E-state index in [4.69, 9.17) is 11.6 Å². The zero-order chi connectivity index (χ0) is 11.9. The summed E-state index contributed by atoms with van der Waals surface area (Å²) in [7, 11) is 0. The number of halogens is 1. The Bertz CT molecular complexity index is 396. The molecule has 1 N–H and O–H groups in total. The van der Waals surface area contributed by atoms with E-state index in [2.05, 4.69) is 24.4 Å². The third-order valence-corrected chi connectivity index (χ3v) is 4.54. The van der Waals surface area contributed by atoms with Gasteiger partial charge in [-0.15, -0.1) is 0 Å². The summed E-state index contributed by atoms with van der Waals surface area (Å²) in [5.41, 5.74) is 1.95. The fourth-order valence-electron chi connectivity index (χ4n) is 2.70. The maximum atomic E-state index is 5.91. The highest BCUT2D eigenvalue weighted by Crippen LogP contribution is 2.54. The summed E-state index contributed by atoms with van der Waals surface area (Å²) in [6.07, 6.45) is 5.35. The topological polar surface area (TPSA) is 12.0 Å². The van der Waals surface area contributed by atoms with E-state index in [-0.39, 0.29) is 0 Å². The average Bonchev–Trinajstić information content (AvgIpc) is 3.18. The van der Waals surface area contributed by atoms with E-state index in [0.717, 1.165) is 17.0 Å². The van der Waals surface area contributed by atoms with Crippen LogP contribution < -0.4 is 5.32 Å². The molecule has 0 amide bonds. The molecule has 17 heavy (non-hydrogen) atoms. The van der Waals surface area contributed by atoms with E-state index in [1.165, 1.54) is 37.8 Å². The van der Waals surface area contributed by atoms with Crippen molar-refractivity contribution in [2.75, 3.05) is 6.54 Å². The van der Waals surface area contributed by atoms with Crippen molar-refractivity contribution in [1.29, 1.82) is 0 Å². The normalized spacial score (nSPS) is 31.5. The van der Waals surface area contributed by atoms with Crippen molar-refractivity contribution in [3.63, 3.8) is 0 Å². The Morgan fingerprint density at radius 1 is 1.29 bits per heavy atom. The van der Waals surface area contributed by atoms with Crippen LogP contribution in [0.2, 0.25) is 5.02 Å². The van der Waals surface area contributed by atoms with Gasteiger partial charge in [-0.25, -0.2) is 0 Å². The van der Waals surface area contributed by atoms with Crippen LogP contribution in [-0.2, 0) is 6.42 Å². The standard InChI is InChI=1S/C15H20ClN/c1-15(8-11-2-4-13(16)5-3-11)9-12(15)10-17-14-6-7-14/h2-5,12,14,17H,6-10H2,1H3. The molecule has 0 bridgehead atoms. The summed E-state index contributed by atoms with van der Waals surface area (Å²) < 4.78 is 0. The molecular weight excluding hydrogens is 230 g/mol. The molecule has 2 aliphatic carbocycles. The maximum Gasteiger partial charge on any atom is 0.0406 e. The second-order valence-electron chi connectivity index (χ2n) is 6.04. The lowest BCUT2D eigenvalue weighted by atomic mass is 9.96. The first-order chi connectivity index (χ1) is 8.16. The highest BCUT2D eigenvalue weighted by atomic mass is 35.5. The molecule has 2 unspecified atom stereocenters. The van der Waals surface area contributed by atoms with Gasteiger partial charge in [-0.1, -0.05) is 30.7 Å². The van der Waals surface area contributed by atoms with E-state index in [9.17, 15) is 0 Å². The average molecular weight is 250 g/mol. The SMILES string of the molecule is CC1(Cc2ccc(Cl)cc2)CC1CNC1CC1. The molecule has 2 heteroatoms. The Hall–Kier alpha value is -0.530. The molecule has 2 atom stereocenters. The van der Waals surface area contributed by atoms with Gasteiger partial charge in [0.05, 0.1) is 0 Å². The van der Waals surface area contributed by atoms with E-state index >= 15 is 0 Å². The lowest BCUT2D eigenvalue weighted by molar-refractivity contribution is 0.475. The van der Waals surface area contributed by atoms with E-state index in [0.29, 0.717) is 5.41 Å². The Labute approximate surface area is 109 Å². The molecule has 0 radical (unpaired) electrons. The molecule has 1 nitrogen and oxygen atoms in total. The molecule has 2 fully saturated rings. The zero-order valence-corrected chi connectivity index (χ0v) is 11.1. The van der Waals surface area contributed by atoms with Crippen LogP contribution in [0.3, 0.4) is 0 Å². The zero-order valence-electron chi connectivity index (χ0n) is 10.4. The first-order valence-corrected chi connectivity index (χ1v) is 7.01. The van der Waals surface area contributed by atoms with Gasteiger partial charge in [-0.05, 0) is 61.3 Å². The molecule has 92 valence electrons. The van der Waals surface area contributed by atoms with Gasteiger partial charge in [0.25, 0.3) is 0 Å². The second-order valence-corrected chi connectivity index (χ2v) is 6.48. The minimum Gasteiger partial charge on any atom is -0.314 e. The summed E-state index contributed by atoms with van der Waals surface area (Å²) in [6.45, 7) is 3.63. The summed E-state index contributed by atoms with van der Waals surface area (Å²) in [5, 5.41) is 4.48. The van der Waals surface area contributed by atoms with Gasteiger partial charge in [0.1, 0.15) is 0 Å².